The van der Waals surface area contributed by atoms with Gasteiger partial charge in [0, 0.05) is 29.3 Å². The summed E-state index contributed by atoms with van der Waals surface area (Å²) in [5.41, 5.74) is 1.70. The molecule has 3 rings (SSSR count). The summed E-state index contributed by atoms with van der Waals surface area (Å²) >= 11 is 1.35. The highest BCUT2D eigenvalue weighted by Crippen LogP contribution is 2.25. The molecule has 0 saturated heterocycles. The van der Waals surface area contributed by atoms with Crippen LogP contribution in [0.3, 0.4) is 0 Å². The van der Waals surface area contributed by atoms with Crippen LogP contribution in [0.25, 0.3) is 5.65 Å². The van der Waals surface area contributed by atoms with Crippen molar-refractivity contribution >= 4 is 29.0 Å². The first-order valence-corrected chi connectivity index (χ1v) is 10.6. The fraction of sp³-hybridized carbons (Fsp3) is 0.174. The maximum atomic E-state index is 12.7. The van der Waals surface area contributed by atoms with E-state index in [0.29, 0.717) is 28.5 Å². The number of hydrogen-bond acceptors (Lipinski definition) is 4. The first kappa shape index (κ1) is 23.2. The van der Waals surface area contributed by atoms with Crippen LogP contribution in [0.15, 0.2) is 72.7 Å². The van der Waals surface area contributed by atoms with Crippen LogP contribution in [0.4, 0.5) is 18.9 Å². The SMILES string of the molecule is C=C(C#Cc1c(CSCC(=O)Nc2cccnc2)nc2ccccn12)C=C(C)C(F)(F)F. The van der Waals surface area contributed by atoms with Gasteiger partial charge in [0.1, 0.15) is 11.3 Å². The molecule has 0 aliphatic heterocycles. The Kier molecular flexibility index (Phi) is 7.38. The van der Waals surface area contributed by atoms with Gasteiger partial charge in [-0.05, 0) is 43.2 Å². The molecule has 3 heterocycles. The number of anilines is 1. The number of carbonyl (C=O) groups is 1. The standard InChI is InChI=1S/C23H19F3N4OS/c1-16(12-17(2)23(24,25)26)8-9-20-19(29-21-7-3-4-11-30(20)21)14-32-15-22(31)28-18-6-5-10-27-13-18/h3-7,10-13H,1,14-15H2,2H3,(H,28,31). The molecule has 3 aromatic heterocycles. The van der Waals surface area contributed by atoms with Crippen LogP contribution in [0, 0.1) is 11.8 Å². The summed E-state index contributed by atoms with van der Waals surface area (Å²) in [5.74, 6) is 5.97. The predicted molar refractivity (Wildman–Crippen MR) is 120 cm³/mol. The molecular weight excluding hydrogens is 437 g/mol. The maximum absolute atomic E-state index is 12.7. The van der Waals surface area contributed by atoms with E-state index >= 15 is 0 Å². The number of carbonyl (C=O) groups excluding carboxylic acids is 1. The number of hydrogen-bond donors (Lipinski definition) is 1. The number of imidazole rings is 1. The van der Waals surface area contributed by atoms with E-state index in [9.17, 15) is 18.0 Å². The predicted octanol–water partition coefficient (Wildman–Crippen LogP) is 5.02. The van der Waals surface area contributed by atoms with Crippen LogP contribution >= 0.6 is 11.8 Å². The lowest BCUT2D eigenvalue weighted by Gasteiger charge is -2.05. The van der Waals surface area contributed by atoms with Gasteiger partial charge in [-0.25, -0.2) is 4.98 Å². The van der Waals surface area contributed by atoms with Crippen molar-refractivity contribution in [1.29, 1.82) is 0 Å². The lowest BCUT2D eigenvalue weighted by molar-refractivity contribution is -0.113. The number of rotatable bonds is 6. The highest BCUT2D eigenvalue weighted by Gasteiger charge is 2.29. The summed E-state index contributed by atoms with van der Waals surface area (Å²) in [6.45, 7) is 4.57. The Bertz CT molecular complexity index is 1220. The molecular formula is C23H19F3N4OS. The molecule has 0 atom stereocenters. The van der Waals surface area contributed by atoms with E-state index in [-0.39, 0.29) is 17.2 Å². The van der Waals surface area contributed by atoms with Crippen molar-refractivity contribution in [2.24, 2.45) is 0 Å². The monoisotopic (exact) mass is 456 g/mol. The molecule has 0 unspecified atom stereocenters. The Balaban J connectivity index is 1.74. The lowest BCUT2D eigenvalue weighted by atomic mass is 10.2. The molecule has 164 valence electrons. The average Bonchev–Trinajstić information content (AvgIpc) is 3.09. The smallest absolute Gasteiger partial charge is 0.324 e. The molecule has 1 amide bonds. The van der Waals surface area contributed by atoms with Gasteiger partial charge in [0.15, 0.2) is 0 Å². The molecule has 0 aliphatic rings. The molecule has 5 nitrogen and oxygen atoms in total. The van der Waals surface area contributed by atoms with Gasteiger partial charge in [0.25, 0.3) is 0 Å². The van der Waals surface area contributed by atoms with Crippen molar-refractivity contribution in [1.82, 2.24) is 14.4 Å². The van der Waals surface area contributed by atoms with Crippen LogP contribution in [0.2, 0.25) is 0 Å². The first-order chi connectivity index (χ1) is 15.2. The lowest BCUT2D eigenvalue weighted by Crippen LogP contribution is -2.14. The third-order valence-corrected chi connectivity index (χ3v) is 5.14. The van der Waals surface area contributed by atoms with Gasteiger partial charge in [-0.15, -0.1) is 11.8 Å². The maximum Gasteiger partial charge on any atom is 0.412 e. The van der Waals surface area contributed by atoms with E-state index in [2.05, 4.69) is 33.7 Å². The minimum absolute atomic E-state index is 0.0418. The summed E-state index contributed by atoms with van der Waals surface area (Å²) in [5, 5.41) is 2.75. The van der Waals surface area contributed by atoms with Crippen molar-refractivity contribution in [3.05, 3.63) is 84.1 Å². The van der Waals surface area contributed by atoms with Crippen LogP contribution < -0.4 is 5.32 Å². The number of pyridine rings is 2. The zero-order chi connectivity index (χ0) is 23.1. The quantitative estimate of drug-likeness (QED) is 0.418. The second-order valence-corrected chi connectivity index (χ2v) is 7.70. The number of alkyl halides is 3. The van der Waals surface area contributed by atoms with E-state index in [4.69, 9.17) is 0 Å². The van der Waals surface area contributed by atoms with Crippen molar-refractivity contribution in [2.75, 3.05) is 11.1 Å². The second-order valence-electron chi connectivity index (χ2n) is 6.72. The number of aromatic nitrogens is 3. The highest BCUT2D eigenvalue weighted by atomic mass is 32.2. The minimum atomic E-state index is -4.42. The van der Waals surface area contributed by atoms with Gasteiger partial charge in [0.05, 0.1) is 23.3 Å². The Morgan fingerprint density at radius 2 is 2.12 bits per heavy atom. The van der Waals surface area contributed by atoms with Crippen LogP contribution in [-0.2, 0) is 10.5 Å². The molecule has 0 bridgehead atoms. The fourth-order valence-electron chi connectivity index (χ4n) is 2.67. The van der Waals surface area contributed by atoms with E-state index in [0.717, 1.165) is 13.0 Å². The minimum Gasteiger partial charge on any atom is -0.324 e. The highest BCUT2D eigenvalue weighted by molar-refractivity contribution is 7.99. The van der Waals surface area contributed by atoms with Crippen molar-refractivity contribution < 1.29 is 18.0 Å². The summed E-state index contributed by atoms with van der Waals surface area (Å²) in [6, 6.07) is 8.90. The summed E-state index contributed by atoms with van der Waals surface area (Å²) in [6.07, 6.45) is 1.43. The molecule has 3 aromatic rings. The number of nitrogens with zero attached hydrogens (tertiary/aromatic N) is 3. The van der Waals surface area contributed by atoms with Crippen molar-refractivity contribution in [3.63, 3.8) is 0 Å². The van der Waals surface area contributed by atoms with E-state index in [1.54, 1.807) is 47.3 Å². The average molecular weight is 456 g/mol. The zero-order valence-corrected chi connectivity index (χ0v) is 17.9. The van der Waals surface area contributed by atoms with E-state index in [1.807, 2.05) is 6.07 Å². The molecule has 9 heteroatoms. The number of thioether (sulfide) groups is 1. The molecule has 0 saturated carbocycles. The van der Waals surface area contributed by atoms with E-state index < -0.39 is 11.7 Å². The summed E-state index contributed by atoms with van der Waals surface area (Å²) in [7, 11) is 0. The van der Waals surface area contributed by atoms with E-state index in [1.165, 1.54) is 11.8 Å². The van der Waals surface area contributed by atoms with Gasteiger partial charge in [-0.3, -0.25) is 14.2 Å². The normalized spacial score (nSPS) is 11.7. The molecule has 0 aromatic carbocycles. The number of fused-ring (bicyclic) bond motifs is 1. The first-order valence-electron chi connectivity index (χ1n) is 9.44. The third-order valence-electron chi connectivity index (χ3n) is 4.20. The Hall–Kier alpha value is -3.51. The van der Waals surface area contributed by atoms with Crippen molar-refractivity contribution in [2.45, 2.75) is 18.9 Å². The number of allylic oxidation sites excluding steroid dienone is 3. The topological polar surface area (TPSA) is 59.3 Å². The summed E-state index contributed by atoms with van der Waals surface area (Å²) < 4.78 is 39.9. The van der Waals surface area contributed by atoms with Gasteiger partial charge in [-0.1, -0.05) is 18.6 Å². The zero-order valence-electron chi connectivity index (χ0n) is 17.1. The molecule has 0 radical (unpaired) electrons. The molecule has 0 spiro atoms. The second kappa shape index (κ2) is 10.2. The Morgan fingerprint density at radius 3 is 2.84 bits per heavy atom. The molecule has 32 heavy (non-hydrogen) atoms. The fourth-order valence-corrected chi connectivity index (χ4v) is 3.42. The Morgan fingerprint density at radius 1 is 1.31 bits per heavy atom. The number of amides is 1. The third kappa shape index (κ3) is 6.25. The largest absolute Gasteiger partial charge is 0.412 e. The van der Waals surface area contributed by atoms with Gasteiger partial charge in [0.2, 0.25) is 5.91 Å². The molecule has 0 aliphatic carbocycles. The van der Waals surface area contributed by atoms with Crippen LogP contribution in [0.5, 0.6) is 0 Å². The number of nitrogens with one attached hydrogen (secondary N) is 1. The van der Waals surface area contributed by atoms with Gasteiger partial charge >= 0.3 is 6.18 Å². The molecule has 0 fully saturated rings. The van der Waals surface area contributed by atoms with Crippen molar-refractivity contribution in [3.8, 4) is 11.8 Å². The van der Waals surface area contributed by atoms with Gasteiger partial charge in [-0.2, -0.15) is 13.2 Å². The molecule has 1 N–H and O–H groups in total. The van der Waals surface area contributed by atoms with Gasteiger partial charge < -0.3 is 5.32 Å². The summed E-state index contributed by atoms with van der Waals surface area (Å²) in [4.78, 5) is 20.6. The van der Waals surface area contributed by atoms with Crippen LogP contribution in [0.1, 0.15) is 18.3 Å². The van der Waals surface area contributed by atoms with Crippen LogP contribution in [-0.4, -0.2) is 32.2 Å². The number of halogens is 3. The Labute approximate surface area is 187 Å².